The molecule has 2 aromatic rings. The molecule has 166 valence electrons. The molecule has 0 N–H and O–H groups in total. The fourth-order valence-corrected chi connectivity index (χ4v) is 5.99. The van der Waals surface area contributed by atoms with Crippen LogP contribution >= 0.6 is 0 Å². The van der Waals surface area contributed by atoms with Crippen LogP contribution in [0.25, 0.3) is 10.9 Å². The molecule has 3 saturated heterocycles. The summed E-state index contributed by atoms with van der Waals surface area (Å²) in [5, 5.41) is 1.30. The lowest BCUT2D eigenvalue weighted by Gasteiger charge is -2.33. The van der Waals surface area contributed by atoms with Gasteiger partial charge in [0.05, 0.1) is 12.6 Å². The summed E-state index contributed by atoms with van der Waals surface area (Å²) in [7, 11) is 0. The number of cyclic esters (lactones) is 1. The molecular weight excluding hydrogens is 390 g/mol. The van der Waals surface area contributed by atoms with Gasteiger partial charge in [0.15, 0.2) is 0 Å². The van der Waals surface area contributed by atoms with Crippen molar-refractivity contribution in [2.75, 3.05) is 19.7 Å². The Hall–Kier alpha value is -2.34. The smallest absolute Gasteiger partial charge is 0.323 e. The molecule has 1 amide bonds. The lowest BCUT2D eigenvalue weighted by Crippen LogP contribution is -2.51. The molecule has 0 bridgehead atoms. The number of para-hydroxylation sites is 1. The van der Waals surface area contributed by atoms with Crippen molar-refractivity contribution in [2.45, 2.75) is 76.5 Å². The first-order valence-corrected chi connectivity index (χ1v) is 12.0. The minimum atomic E-state index is -0.224. The number of benzene rings is 1. The van der Waals surface area contributed by atoms with Crippen molar-refractivity contribution in [1.29, 1.82) is 0 Å². The third-order valence-electron chi connectivity index (χ3n) is 7.49. The van der Waals surface area contributed by atoms with E-state index in [1.165, 1.54) is 16.6 Å². The summed E-state index contributed by atoms with van der Waals surface area (Å²) in [5.41, 5.74) is 2.66. The Morgan fingerprint density at radius 1 is 1.13 bits per heavy atom. The highest BCUT2D eigenvalue weighted by atomic mass is 16.5. The van der Waals surface area contributed by atoms with Gasteiger partial charge in [0, 0.05) is 36.8 Å². The predicted molar refractivity (Wildman–Crippen MR) is 120 cm³/mol. The van der Waals surface area contributed by atoms with Crippen molar-refractivity contribution in [1.82, 2.24) is 14.4 Å². The van der Waals surface area contributed by atoms with Crippen LogP contribution in [-0.4, -0.2) is 64.1 Å². The van der Waals surface area contributed by atoms with Crippen molar-refractivity contribution in [2.24, 2.45) is 0 Å². The number of nitrogens with zero attached hydrogens (tertiary/aromatic N) is 3. The monoisotopic (exact) mass is 423 g/mol. The summed E-state index contributed by atoms with van der Waals surface area (Å²) in [4.78, 5) is 29.9. The standard InChI is InChI=1S/C25H33N3O3/c1-2-26-20(17-18-7-3-4-9-21(18)26)12-11-19-8-5-14-27(19)24(29)22-10-6-15-28(22)23-13-16-31-25(23)30/h3-4,7,9,17,19,22-23H,2,5-6,8,10-16H2,1H3/t19-,22+,23?/m0/s1. The first kappa shape index (κ1) is 20.6. The molecule has 0 aliphatic carbocycles. The van der Waals surface area contributed by atoms with Crippen molar-refractivity contribution < 1.29 is 14.3 Å². The summed E-state index contributed by atoms with van der Waals surface area (Å²) < 4.78 is 7.58. The SMILES string of the molecule is CCn1c(CC[C@@H]2CCCN2C(=O)[C@H]2CCCN2C2CCOC2=O)cc2ccccc21. The Kier molecular flexibility index (Phi) is 5.74. The van der Waals surface area contributed by atoms with E-state index in [9.17, 15) is 9.59 Å². The number of rotatable bonds is 6. The number of fused-ring (bicyclic) bond motifs is 1. The first-order chi connectivity index (χ1) is 15.2. The molecule has 0 spiro atoms. The average molecular weight is 424 g/mol. The van der Waals surface area contributed by atoms with Crippen LogP contribution in [0.5, 0.6) is 0 Å². The number of esters is 1. The van der Waals surface area contributed by atoms with E-state index in [0.717, 1.165) is 58.2 Å². The predicted octanol–water partition coefficient (Wildman–Crippen LogP) is 3.36. The van der Waals surface area contributed by atoms with E-state index >= 15 is 0 Å². The van der Waals surface area contributed by atoms with E-state index in [-0.39, 0.29) is 24.0 Å². The first-order valence-electron chi connectivity index (χ1n) is 12.0. The van der Waals surface area contributed by atoms with Gasteiger partial charge in [-0.1, -0.05) is 18.2 Å². The fraction of sp³-hybridized carbons (Fsp3) is 0.600. The van der Waals surface area contributed by atoms with Gasteiger partial charge in [0.25, 0.3) is 0 Å². The number of aromatic nitrogens is 1. The van der Waals surface area contributed by atoms with Gasteiger partial charge >= 0.3 is 5.97 Å². The minimum Gasteiger partial charge on any atom is -0.464 e. The maximum absolute atomic E-state index is 13.5. The zero-order chi connectivity index (χ0) is 21.4. The van der Waals surface area contributed by atoms with Gasteiger partial charge in [-0.3, -0.25) is 14.5 Å². The summed E-state index contributed by atoms with van der Waals surface area (Å²) in [6.07, 6.45) is 6.70. The second kappa shape index (κ2) is 8.65. The molecule has 3 fully saturated rings. The third kappa shape index (κ3) is 3.75. The molecule has 1 aromatic heterocycles. The Balaban J connectivity index is 1.28. The van der Waals surface area contributed by atoms with E-state index in [4.69, 9.17) is 4.74 Å². The van der Waals surface area contributed by atoms with Crippen molar-refractivity contribution in [3.63, 3.8) is 0 Å². The van der Waals surface area contributed by atoms with Crippen LogP contribution in [0.15, 0.2) is 30.3 Å². The highest BCUT2D eigenvalue weighted by molar-refractivity contribution is 5.85. The highest BCUT2D eigenvalue weighted by Gasteiger charge is 2.44. The van der Waals surface area contributed by atoms with Crippen molar-refractivity contribution >= 4 is 22.8 Å². The van der Waals surface area contributed by atoms with Crippen molar-refractivity contribution in [3.05, 3.63) is 36.0 Å². The topological polar surface area (TPSA) is 54.8 Å². The molecule has 3 aliphatic heterocycles. The summed E-state index contributed by atoms with van der Waals surface area (Å²) >= 11 is 0. The van der Waals surface area contributed by atoms with Crippen LogP contribution in [0.2, 0.25) is 0 Å². The van der Waals surface area contributed by atoms with Gasteiger partial charge in [0.1, 0.15) is 6.04 Å². The van der Waals surface area contributed by atoms with Gasteiger partial charge in [-0.05, 0) is 69.5 Å². The van der Waals surface area contributed by atoms with Gasteiger partial charge in [-0.2, -0.15) is 0 Å². The molecule has 1 unspecified atom stereocenters. The highest BCUT2D eigenvalue weighted by Crippen LogP contribution is 2.30. The molecule has 5 rings (SSSR count). The van der Waals surface area contributed by atoms with E-state index in [0.29, 0.717) is 19.1 Å². The van der Waals surface area contributed by atoms with Crippen LogP contribution in [0.1, 0.15) is 51.1 Å². The molecule has 3 aliphatic rings. The van der Waals surface area contributed by atoms with Crippen LogP contribution in [0.3, 0.4) is 0 Å². The zero-order valence-electron chi connectivity index (χ0n) is 18.5. The minimum absolute atomic E-state index is 0.148. The van der Waals surface area contributed by atoms with E-state index in [1.807, 2.05) is 0 Å². The van der Waals surface area contributed by atoms with Crippen LogP contribution in [-0.2, 0) is 27.3 Å². The number of hydrogen-bond donors (Lipinski definition) is 0. The summed E-state index contributed by atoms with van der Waals surface area (Å²) in [6, 6.07) is 10.8. The fourth-order valence-electron chi connectivity index (χ4n) is 5.99. The number of carbonyl (C=O) groups is 2. The van der Waals surface area contributed by atoms with Gasteiger partial charge in [0.2, 0.25) is 5.91 Å². The molecule has 6 heteroatoms. The lowest BCUT2D eigenvalue weighted by molar-refractivity contribution is -0.145. The molecular formula is C25H33N3O3. The maximum atomic E-state index is 13.5. The molecule has 4 heterocycles. The molecule has 1 aromatic carbocycles. The second-order valence-corrected chi connectivity index (χ2v) is 9.17. The number of aryl methyl sites for hydroxylation is 2. The molecule has 3 atom stereocenters. The normalized spacial score (nSPS) is 26.8. The lowest BCUT2D eigenvalue weighted by atomic mass is 10.1. The Labute approximate surface area is 184 Å². The van der Waals surface area contributed by atoms with Gasteiger partial charge < -0.3 is 14.2 Å². The largest absolute Gasteiger partial charge is 0.464 e. The number of carbonyl (C=O) groups excluding carboxylic acids is 2. The van der Waals surface area contributed by atoms with Gasteiger partial charge in [-0.15, -0.1) is 0 Å². The quantitative estimate of drug-likeness (QED) is 0.669. The van der Waals surface area contributed by atoms with Crippen LogP contribution < -0.4 is 0 Å². The molecule has 31 heavy (non-hydrogen) atoms. The number of likely N-dealkylation sites (tertiary alicyclic amines) is 2. The zero-order valence-corrected chi connectivity index (χ0v) is 18.5. The summed E-state index contributed by atoms with van der Waals surface area (Å²) in [6.45, 7) is 5.32. The van der Waals surface area contributed by atoms with Gasteiger partial charge in [-0.25, -0.2) is 0 Å². The average Bonchev–Trinajstić information content (AvgIpc) is 3.56. The van der Waals surface area contributed by atoms with E-state index in [1.54, 1.807) is 0 Å². The van der Waals surface area contributed by atoms with Crippen molar-refractivity contribution in [3.8, 4) is 0 Å². The van der Waals surface area contributed by atoms with Crippen LogP contribution in [0, 0.1) is 0 Å². The third-order valence-corrected chi connectivity index (χ3v) is 7.49. The van der Waals surface area contributed by atoms with E-state index < -0.39 is 0 Å². The second-order valence-electron chi connectivity index (χ2n) is 9.17. The molecule has 6 nitrogen and oxygen atoms in total. The maximum Gasteiger partial charge on any atom is 0.323 e. The van der Waals surface area contributed by atoms with Crippen LogP contribution in [0.4, 0.5) is 0 Å². The Morgan fingerprint density at radius 3 is 2.77 bits per heavy atom. The Bertz CT molecular complexity index is 968. The molecule has 0 radical (unpaired) electrons. The number of amides is 1. The summed E-state index contributed by atoms with van der Waals surface area (Å²) in [5.74, 6) is 0.0841. The number of hydrogen-bond acceptors (Lipinski definition) is 4. The Morgan fingerprint density at radius 2 is 1.97 bits per heavy atom. The van der Waals surface area contributed by atoms with E-state index in [2.05, 4.69) is 51.6 Å². The number of ether oxygens (including phenoxy) is 1. The molecule has 0 saturated carbocycles.